The molecule has 1 aliphatic carbocycles. The summed E-state index contributed by atoms with van der Waals surface area (Å²) < 4.78 is 13.4. The van der Waals surface area contributed by atoms with Gasteiger partial charge >= 0.3 is 0 Å². The molecule has 0 bridgehead atoms. The molecule has 4 nitrogen and oxygen atoms in total. The average molecular weight is 567 g/mol. The van der Waals surface area contributed by atoms with Gasteiger partial charge in [0.15, 0.2) is 5.78 Å². The molecule has 0 radical (unpaired) electrons. The predicted molar refractivity (Wildman–Crippen MR) is 144 cm³/mol. The van der Waals surface area contributed by atoms with Gasteiger partial charge in [-0.3, -0.25) is 4.79 Å². The molecule has 2 rings (SSSR count). The van der Waals surface area contributed by atoms with Gasteiger partial charge in [0.2, 0.25) is 0 Å². The van der Waals surface area contributed by atoms with Crippen LogP contribution in [0.1, 0.15) is 65.4 Å². The largest absolute Gasteiger partial charge is 0.497 e. The molecule has 0 unspecified atom stereocenters. The van der Waals surface area contributed by atoms with E-state index in [9.17, 15) is 9.90 Å². The van der Waals surface area contributed by atoms with E-state index in [0.717, 1.165) is 42.6 Å². The van der Waals surface area contributed by atoms with Crippen LogP contribution in [0, 0.1) is 11.3 Å². The molecule has 0 saturated carbocycles. The maximum Gasteiger partial charge on any atom is 0.161 e. The molecule has 1 aromatic carbocycles. The molecular formula is C28H39IO4. The highest BCUT2D eigenvalue weighted by atomic mass is 127. The van der Waals surface area contributed by atoms with E-state index in [4.69, 9.17) is 9.47 Å². The highest BCUT2D eigenvalue weighted by Gasteiger charge is 2.42. The Kier molecular flexibility index (Phi) is 11.3. The third-order valence-electron chi connectivity index (χ3n) is 7.06. The molecule has 182 valence electrons. The van der Waals surface area contributed by atoms with Gasteiger partial charge in [-0.05, 0) is 78.2 Å². The number of aliphatic hydroxyl groups is 1. The molecule has 1 aliphatic rings. The molecule has 2 atom stereocenters. The van der Waals surface area contributed by atoms with Gasteiger partial charge in [0.05, 0.1) is 26.9 Å². The number of benzene rings is 1. The Hall–Kier alpha value is -1.44. The number of ether oxygens (including phenoxy) is 2. The van der Waals surface area contributed by atoms with Gasteiger partial charge in [-0.1, -0.05) is 65.8 Å². The van der Waals surface area contributed by atoms with E-state index in [1.807, 2.05) is 24.3 Å². The van der Waals surface area contributed by atoms with Gasteiger partial charge in [-0.15, -0.1) is 0 Å². The van der Waals surface area contributed by atoms with Crippen molar-refractivity contribution < 1.29 is 19.4 Å². The van der Waals surface area contributed by atoms with Gasteiger partial charge in [0.1, 0.15) is 5.75 Å². The first-order valence-corrected chi connectivity index (χ1v) is 13.0. The van der Waals surface area contributed by atoms with Crippen LogP contribution in [-0.4, -0.2) is 31.2 Å². The number of carbonyl (C=O) groups is 1. The van der Waals surface area contributed by atoms with Crippen molar-refractivity contribution in [1.82, 2.24) is 0 Å². The number of aliphatic hydroxyl groups excluding tert-OH is 1. The Balaban J connectivity index is 2.12. The standard InChI is InChI=1S/C28H39IO4/c1-20(7-6-8-21(2)16-29)13-14-28(4)22(3)15-27(31)25(17-30)26(28)19-33-18-23-9-11-24(32-5)12-10-23/h7,9-12,16,22,30H,6,8,13-15,17-19H2,1-5H3/b20-7+,21-16+/t22-,28+/m1/s1. The smallest absolute Gasteiger partial charge is 0.161 e. The number of allylic oxidation sites excluding steroid dienone is 3. The summed E-state index contributed by atoms with van der Waals surface area (Å²) in [5.74, 6) is 1.07. The number of rotatable bonds is 12. The molecule has 1 N–H and O–H groups in total. The number of ketones is 1. The molecule has 0 heterocycles. The van der Waals surface area contributed by atoms with Crippen LogP contribution in [0.2, 0.25) is 0 Å². The first kappa shape index (κ1) is 27.8. The highest BCUT2D eigenvalue weighted by molar-refractivity contribution is 14.1. The van der Waals surface area contributed by atoms with E-state index in [1.54, 1.807) is 7.11 Å². The lowest BCUT2D eigenvalue weighted by Crippen LogP contribution is -2.38. The molecular weight excluding hydrogens is 527 g/mol. The SMILES string of the molecule is COc1ccc(COCC2=C(CO)C(=O)C[C@@H](C)[C@]2(C)CC/C(C)=C/CC/C(C)=C/I)cc1. The summed E-state index contributed by atoms with van der Waals surface area (Å²) in [4.78, 5) is 12.7. The van der Waals surface area contributed by atoms with E-state index < -0.39 is 0 Å². The Labute approximate surface area is 213 Å². The lowest BCUT2D eigenvalue weighted by molar-refractivity contribution is -0.118. The third-order valence-corrected chi connectivity index (χ3v) is 8.12. The zero-order chi connectivity index (χ0) is 24.4. The van der Waals surface area contributed by atoms with Crippen molar-refractivity contribution in [2.75, 3.05) is 20.3 Å². The number of hydrogen-bond donors (Lipinski definition) is 1. The lowest BCUT2D eigenvalue weighted by Gasteiger charge is -2.43. The monoisotopic (exact) mass is 566 g/mol. The van der Waals surface area contributed by atoms with E-state index in [1.165, 1.54) is 11.1 Å². The summed E-state index contributed by atoms with van der Waals surface area (Å²) >= 11 is 2.29. The van der Waals surface area contributed by atoms with Gasteiger partial charge in [0.25, 0.3) is 0 Å². The Morgan fingerprint density at radius 2 is 1.88 bits per heavy atom. The summed E-state index contributed by atoms with van der Waals surface area (Å²) in [5.41, 5.74) is 5.17. The van der Waals surface area contributed by atoms with E-state index in [2.05, 4.69) is 60.4 Å². The average Bonchev–Trinajstić information content (AvgIpc) is 2.81. The Bertz CT molecular complexity index is 882. The van der Waals surface area contributed by atoms with Crippen molar-refractivity contribution >= 4 is 28.4 Å². The zero-order valence-electron chi connectivity index (χ0n) is 20.7. The topological polar surface area (TPSA) is 55.8 Å². The normalized spacial score (nSPS) is 22.2. The fourth-order valence-electron chi connectivity index (χ4n) is 4.42. The second-order valence-electron chi connectivity index (χ2n) is 9.45. The predicted octanol–water partition coefficient (Wildman–Crippen LogP) is 6.96. The van der Waals surface area contributed by atoms with Crippen LogP contribution in [0.4, 0.5) is 0 Å². The molecule has 1 aromatic rings. The van der Waals surface area contributed by atoms with Crippen molar-refractivity contribution in [3.8, 4) is 5.75 Å². The maximum absolute atomic E-state index is 12.7. The van der Waals surface area contributed by atoms with Gasteiger partial charge in [0, 0.05) is 12.0 Å². The summed E-state index contributed by atoms with van der Waals surface area (Å²) in [6, 6.07) is 7.80. The van der Waals surface area contributed by atoms with E-state index in [-0.39, 0.29) is 23.7 Å². The zero-order valence-corrected chi connectivity index (χ0v) is 22.9. The van der Waals surface area contributed by atoms with E-state index in [0.29, 0.717) is 25.2 Å². The van der Waals surface area contributed by atoms with Crippen LogP contribution in [0.3, 0.4) is 0 Å². The lowest BCUT2D eigenvalue weighted by atomic mass is 9.62. The minimum Gasteiger partial charge on any atom is -0.497 e. The van der Waals surface area contributed by atoms with Gasteiger partial charge in [-0.25, -0.2) is 0 Å². The van der Waals surface area contributed by atoms with Crippen LogP contribution < -0.4 is 4.74 Å². The molecule has 0 aliphatic heterocycles. The molecule has 0 amide bonds. The second-order valence-corrected chi connectivity index (χ2v) is 10.1. The molecule has 0 fully saturated rings. The number of Topliss-reactive ketones (excluding diaryl/α,β-unsaturated/α-hetero) is 1. The molecule has 33 heavy (non-hydrogen) atoms. The number of methoxy groups -OCH3 is 1. The fraction of sp³-hybridized carbons (Fsp3) is 0.536. The Morgan fingerprint density at radius 1 is 1.18 bits per heavy atom. The third kappa shape index (κ3) is 7.79. The number of halogens is 1. The summed E-state index contributed by atoms with van der Waals surface area (Å²) in [7, 11) is 1.65. The van der Waals surface area contributed by atoms with Crippen LogP contribution in [0.5, 0.6) is 5.75 Å². The van der Waals surface area contributed by atoms with Crippen molar-refractivity contribution in [2.45, 2.75) is 66.4 Å². The molecule has 0 spiro atoms. The van der Waals surface area contributed by atoms with Gasteiger partial charge < -0.3 is 14.6 Å². The summed E-state index contributed by atoms with van der Waals surface area (Å²) in [5, 5.41) is 10.0. The number of hydrogen-bond acceptors (Lipinski definition) is 4. The van der Waals surface area contributed by atoms with Crippen molar-refractivity contribution in [2.24, 2.45) is 11.3 Å². The quantitative estimate of drug-likeness (QED) is 0.220. The minimum absolute atomic E-state index is 0.0545. The number of carbonyl (C=O) groups excluding carboxylic acids is 1. The summed E-state index contributed by atoms with van der Waals surface area (Å²) in [6.45, 7) is 9.34. The van der Waals surface area contributed by atoms with Gasteiger partial charge in [-0.2, -0.15) is 0 Å². The second kappa shape index (κ2) is 13.4. The van der Waals surface area contributed by atoms with Crippen LogP contribution in [0.15, 0.2) is 56.7 Å². The van der Waals surface area contributed by atoms with Crippen molar-refractivity contribution in [3.05, 3.63) is 62.3 Å². The molecule has 0 saturated heterocycles. The fourth-order valence-corrected chi connectivity index (χ4v) is 4.73. The minimum atomic E-state index is -0.223. The van der Waals surface area contributed by atoms with E-state index >= 15 is 0 Å². The first-order valence-electron chi connectivity index (χ1n) is 11.7. The first-order chi connectivity index (χ1) is 15.7. The van der Waals surface area contributed by atoms with Crippen LogP contribution in [0.25, 0.3) is 0 Å². The van der Waals surface area contributed by atoms with Crippen molar-refractivity contribution in [3.63, 3.8) is 0 Å². The summed E-state index contributed by atoms with van der Waals surface area (Å²) in [6.07, 6.45) is 6.87. The molecule has 0 aromatic heterocycles. The Morgan fingerprint density at radius 3 is 2.48 bits per heavy atom. The van der Waals surface area contributed by atoms with Crippen molar-refractivity contribution in [1.29, 1.82) is 0 Å². The maximum atomic E-state index is 12.7. The molecule has 5 heteroatoms. The highest BCUT2D eigenvalue weighted by Crippen LogP contribution is 2.47. The van der Waals surface area contributed by atoms with Crippen LogP contribution in [-0.2, 0) is 16.1 Å². The van der Waals surface area contributed by atoms with Crippen LogP contribution >= 0.6 is 22.6 Å².